The highest BCUT2D eigenvalue weighted by Gasteiger charge is 2.19. The van der Waals surface area contributed by atoms with Gasteiger partial charge in [-0.2, -0.15) is 0 Å². The molecule has 6 nitrogen and oxygen atoms in total. The summed E-state index contributed by atoms with van der Waals surface area (Å²) in [5.41, 5.74) is 0. The lowest BCUT2D eigenvalue weighted by atomic mass is 10.2. The molecule has 0 aromatic carbocycles. The Labute approximate surface area is 122 Å². The molecule has 0 spiro atoms. The van der Waals surface area contributed by atoms with Gasteiger partial charge in [-0.15, -0.1) is 0 Å². The number of epoxide rings is 1. The number of hydrogen-bond acceptors (Lipinski definition) is 5. The number of esters is 1. The molecule has 1 aliphatic rings. The highest BCUT2D eigenvalue weighted by Crippen LogP contribution is 2.14. The summed E-state index contributed by atoms with van der Waals surface area (Å²) in [6, 6.07) is 0. The number of aliphatic hydroxyl groups is 1. The van der Waals surface area contributed by atoms with Gasteiger partial charge in [0.15, 0.2) is 0 Å². The second-order valence-corrected chi connectivity index (χ2v) is 4.51. The third kappa shape index (κ3) is 25.6. The highest BCUT2D eigenvalue weighted by atomic mass is 16.6. The number of carboxylic acids is 1. The van der Waals surface area contributed by atoms with Gasteiger partial charge in [0.25, 0.3) is 5.97 Å². The molecule has 20 heavy (non-hydrogen) atoms. The van der Waals surface area contributed by atoms with Crippen molar-refractivity contribution in [3.05, 3.63) is 0 Å². The maximum Gasteiger partial charge on any atom is 0.302 e. The number of ether oxygens (including phenoxy) is 2. The number of hydrogen-bond donors (Lipinski definition) is 2. The summed E-state index contributed by atoms with van der Waals surface area (Å²) in [4.78, 5) is 19.2. The monoisotopic (exact) mass is 295 g/mol. The average Bonchev–Trinajstić information content (AvgIpc) is 3.11. The van der Waals surface area contributed by atoms with E-state index in [9.17, 15) is 4.79 Å². The van der Waals surface area contributed by atoms with E-state index in [1.807, 2.05) is 6.92 Å². The Hall–Kier alpha value is -1.14. The number of rotatable bonds is 6. The second kappa shape index (κ2) is 14.3. The first-order chi connectivity index (χ1) is 9.33. The fraction of sp³-hybridized carbons (Fsp3) is 0.857. The predicted molar refractivity (Wildman–Crippen MR) is 77.6 cm³/mol. The van der Waals surface area contributed by atoms with Crippen LogP contribution >= 0.6 is 0 Å². The summed E-state index contributed by atoms with van der Waals surface area (Å²) >= 11 is 0. The van der Waals surface area contributed by atoms with Gasteiger partial charge in [0, 0.05) is 15.3 Å². The van der Waals surface area contributed by atoms with Gasteiger partial charge in [-0.25, -0.2) is 0 Å². The van der Waals surface area contributed by atoms with Crippen LogP contribution in [0.4, 0.5) is 0 Å². The van der Waals surface area contributed by atoms with E-state index in [1.54, 1.807) is 0 Å². The summed E-state index contributed by atoms with van der Waals surface area (Å²) in [5, 5.41) is 16.4. The van der Waals surface area contributed by atoms with Gasteiger partial charge < -0.3 is 19.7 Å². The quantitative estimate of drug-likeness (QED) is 0.576. The van der Waals surface area contributed by atoms with Crippen LogP contribution in [0.3, 0.4) is 0 Å². The van der Waals surface area contributed by atoms with Crippen LogP contribution in [0.1, 0.15) is 54.8 Å². The van der Waals surface area contributed by atoms with Crippen LogP contribution < -0.4 is 0 Å². The molecule has 0 aromatic heterocycles. The Morgan fingerprint density at radius 3 is 2.10 bits per heavy atom. The van der Waals surface area contributed by atoms with Crippen LogP contribution in [0.15, 0.2) is 0 Å². The third-order valence-corrected chi connectivity index (χ3v) is 2.11. The van der Waals surface area contributed by atoms with E-state index in [0.29, 0.717) is 12.5 Å². The van der Waals surface area contributed by atoms with Crippen molar-refractivity contribution < 1.29 is 30.7 Å². The van der Waals surface area contributed by atoms with Gasteiger partial charge in [0.05, 0.1) is 18.8 Å². The van der Waals surface area contributed by atoms with E-state index in [-0.39, 0.29) is 14.0 Å². The normalized spacial score (nSPS) is 16.8. The smallest absolute Gasteiger partial charge is 0.302 e. The molecule has 0 saturated carbocycles. The lowest BCUT2D eigenvalue weighted by Crippen LogP contribution is -2.16. The van der Waals surface area contributed by atoms with Crippen molar-refractivity contribution >= 4 is 11.9 Å². The summed E-state index contributed by atoms with van der Waals surface area (Å²) in [7, 11) is 0. The molecule has 0 aromatic rings. The van der Waals surface area contributed by atoms with Crippen molar-refractivity contribution in [3.8, 4) is 0 Å². The predicted octanol–water partition coefficient (Wildman–Crippen LogP) is 2.23. The van der Waals surface area contributed by atoms with E-state index >= 15 is 0 Å². The molecule has 0 amide bonds. The van der Waals surface area contributed by atoms with Crippen molar-refractivity contribution in [1.29, 1.82) is 0 Å². The van der Waals surface area contributed by atoms with Crippen molar-refractivity contribution in [3.63, 3.8) is 0 Å². The number of carbonyl (C=O) groups excluding carboxylic acids is 1. The Morgan fingerprint density at radius 1 is 1.35 bits per heavy atom. The van der Waals surface area contributed by atoms with E-state index in [1.165, 1.54) is 19.8 Å². The zero-order valence-electron chi connectivity index (χ0n) is 12.9. The van der Waals surface area contributed by atoms with E-state index < -0.39 is 12.1 Å². The average molecular weight is 295 g/mol. The molecule has 0 aliphatic carbocycles. The first kappa shape index (κ1) is 21.2. The Balaban J connectivity index is -0.000000251. The first-order valence-electron chi connectivity index (χ1n) is 6.95. The summed E-state index contributed by atoms with van der Waals surface area (Å²) < 4.78 is 9.52. The number of carboxylic acid groups (broad SMARTS) is 1. The minimum Gasteiger partial charge on any atom is -0.481 e. The van der Waals surface area contributed by atoms with E-state index in [0.717, 1.165) is 20.0 Å². The van der Waals surface area contributed by atoms with Gasteiger partial charge in [0.1, 0.15) is 6.61 Å². The number of carbonyl (C=O) groups is 2. The van der Waals surface area contributed by atoms with Crippen molar-refractivity contribution in [2.24, 2.45) is 0 Å². The van der Waals surface area contributed by atoms with Crippen LogP contribution in [0.5, 0.6) is 0 Å². The zero-order chi connectivity index (χ0) is 16.0. The van der Waals surface area contributed by atoms with Crippen LogP contribution in [0.25, 0.3) is 0 Å². The molecule has 1 saturated heterocycles. The van der Waals surface area contributed by atoms with E-state index in [2.05, 4.69) is 11.7 Å². The minimum absolute atomic E-state index is 0. The first-order valence-corrected chi connectivity index (χ1v) is 6.95. The van der Waals surface area contributed by atoms with Gasteiger partial charge in [-0.05, 0) is 12.8 Å². The maximum absolute atomic E-state index is 10.2. The fourth-order valence-electron chi connectivity index (χ4n) is 1.19. The fourth-order valence-corrected chi connectivity index (χ4v) is 1.19. The molecule has 2 atom stereocenters. The summed E-state index contributed by atoms with van der Waals surface area (Å²) in [6.07, 6.45) is 4.28. The van der Waals surface area contributed by atoms with Gasteiger partial charge in [-0.1, -0.05) is 26.7 Å². The molecule has 1 aliphatic heterocycles. The van der Waals surface area contributed by atoms with Gasteiger partial charge in [0.2, 0.25) is 0 Å². The molecule has 1 rings (SSSR count). The SMILES string of the molecule is CC(=O)O.CCCC(O)COC(C)=O.CCCC1CO1.[2HH]. The third-order valence-electron chi connectivity index (χ3n) is 2.11. The Bertz CT molecular complexity index is 252. The zero-order valence-corrected chi connectivity index (χ0v) is 12.9. The van der Waals surface area contributed by atoms with Crippen molar-refractivity contribution in [2.75, 3.05) is 13.2 Å². The molecule has 2 unspecified atom stereocenters. The molecule has 122 valence electrons. The molecule has 0 bridgehead atoms. The molecule has 2 N–H and O–H groups in total. The van der Waals surface area contributed by atoms with Crippen LogP contribution in [0.2, 0.25) is 0 Å². The van der Waals surface area contributed by atoms with E-state index in [4.69, 9.17) is 19.7 Å². The molecule has 0 radical (unpaired) electrons. The maximum atomic E-state index is 10.2. The van der Waals surface area contributed by atoms with Crippen LogP contribution in [-0.4, -0.2) is 47.6 Å². The lowest BCUT2D eigenvalue weighted by molar-refractivity contribution is -0.144. The number of aliphatic carboxylic acids is 1. The highest BCUT2D eigenvalue weighted by molar-refractivity contribution is 5.65. The summed E-state index contributed by atoms with van der Waals surface area (Å²) in [5.74, 6) is -1.17. The molecular weight excluding hydrogens is 264 g/mol. The molecular formula is C14H30O6. The molecule has 6 heteroatoms. The van der Waals surface area contributed by atoms with Crippen molar-refractivity contribution in [1.82, 2.24) is 0 Å². The van der Waals surface area contributed by atoms with Crippen LogP contribution in [0, 0.1) is 0 Å². The largest absolute Gasteiger partial charge is 0.481 e. The molecule has 1 heterocycles. The Morgan fingerprint density at radius 2 is 1.85 bits per heavy atom. The van der Waals surface area contributed by atoms with Crippen LogP contribution in [-0.2, 0) is 19.1 Å². The standard InChI is InChI=1S/C7H14O3.C5H10O.C2H4O2.H2/c1-3-4-7(9)5-10-6(2)8;1-2-3-5-4-6-5;1-2(3)4;/h7,9H,3-5H2,1-2H3;5H,2-4H2,1H3;1H3,(H,3,4);1H/i;;;1+1. The summed E-state index contributed by atoms with van der Waals surface area (Å²) in [6.45, 7) is 7.72. The number of aliphatic hydroxyl groups excluding tert-OH is 1. The second-order valence-electron chi connectivity index (χ2n) is 4.51. The van der Waals surface area contributed by atoms with Gasteiger partial charge in [-0.3, -0.25) is 9.59 Å². The topological polar surface area (TPSA) is 96.4 Å². The Kier molecular flexibility index (Phi) is 15.1. The van der Waals surface area contributed by atoms with Gasteiger partial charge >= 0.3 is 5.97 Å². The van der Waals surface area contributed by atoms with Crippen molar-refractivity contribution in [2.45, 2.75) is 65.6 Å². The molecule has 1 fully saturated rings. The lowest BCUT2D eigenvalue weighted by Gasteiger charge is -2.07. The minimum atomic E-state index is -0.833.